The summed E-state index contributed by atoms with van der Waals surface area (Å²) in [5, 5.41) is 0. The molecule has 2 amide bonds. The van der Waals surface area contributed by atoms with Crippen molar-refractivity contribution in [1.82, 2.24) is 4.90 Å². The fraction of sp³-hybridized carbons (Fsp3) is 0.154. The molecule has 0 N–H and O–H groups in total. The van der Waals surface area contributed by atoms with Crippen LogP contribution in [0.25, 0.3) is 0 Å². The lowest BCUT2D eigenvalue weighted by Crippen LogP contribution is -2.47. The Morgan fingerprint density at radius 3 is 2.09 bits per heavy atom. The van der Waals surface area contributed by atoms with Crippen LogP contribution in [-0.4, -0.2) is 41.5 Å². The SMILES string of the molecule is CCOC(=O)C(Cc1ccc(N=Cc2ccccc2)cc1)N1C(=O)c2ccccc2C1=O. The molecule has 1 heterocycles. The molecule has 0 radical (unpaired) electrons. The van der Waals surface area contributed by atoms with Crippen molar-refractivity contribution in [2.45, 2.75) is 19.4 Å². The Kier molecular flexibility index (Phi) is 6.22. The van der Waals surface area contributed by atoms with Crippen LogP contribution in [0.15, 0.2) is 83.9 Å². The highest BCUT2D eigenvalue weighted by Gasteiger charge is 2.43. The number of amides is 2. The summed E-state index contributed by atoms with van der Waals surface area (Å²) < 4.78 is 5.19. The zero-order chi connectivity index (χ0) is 22.5. The summed E-state index contributed by atoms with van der Waals surface area (Å²) in [5.74, 6) is -1.56. The Labute approximate surface area is 186 Å². The molecule has 3 aromatic rings. The molecule has 4 rings (SSSR count). The molecule has 1 atom stereocenters. The van der Waals surface area contributed by atoms with Gasteiger partial charge in [-0.05, 0) is 42.3 Å². The van der Waals surface area contributed by atoms with E-state index in [9.17, 15) is 14.4 Å². The van der Waals surface area contributed by atoms with Crippen LogP contribution >= 0.6 is 0 Å². The molecule has 0 spiro atoms. The molecule has 6 heteroatoms. The molecule has 3 aromatic carbocycles. The third-order valence-corrected chi connectivity index (χ3v) is 5.22. The van der Waals surface area contributed by atoms with Gasteiger partial charge in [-0.25, -0.2) is 4.79 Å². The summed E-state index contributed by atoms with van der Waals surface area (Å²) in [6.07, 6.45) is 1.93. The van der Waals surface area contributed by atoms with Crippen LogP contribution in [0.3, 0.4) is 0 Å². The van der Waals surface area contributed by atoms with Gasteiger partial charge in [0.15, 0.2) is 0 Å². The fourth-order valence-electron chi connectivity index (χ4n) is 3.64. The summed E-state index contributed by atoms with van der Waals surface area (Å²) in [6.45, 7) is 1.85. The molecule has 1 unspecified atom stereocenters. The second-order valence-electron chi connectivity index (χ2n) is 7.33. The lowest BCUT2D eigenvalue weighted by Gasteiger charge is -2.24. The first-order valence-electron chi connectivity index (χ1n) is 10.4. The molecule has 0 saturated carbocycles. The number of imide groups is 1. The lowest BCUT2D eigenvalue weighted by atomic mass is 10.0. The largest absolute Gasteiger partial charge is 0.464 e. The van der Waals surface area contributed by atoms with E-state index in [1.165, 1.54) is 0 Å². The van der Waals surface area contributed by atoms with Gasteiger partial charge in [0.05, 0.1) is 23.4 Å². The summed E-state index contributed by atoms with van der Waals surface area (Å²) in [6, 6.07) is 22.6. The second-order valence-corrected chi connectivity index (χ2v) is 7.33. The van der Waals surface area contributed by atoms with E-state index in [1.807, 2.05) is 54.6 Å². The van der Waals surface area contributed by atoms with E-state index >= 15 is 0 Å². The van der Waals surface area contributed by atoms with E-state index in [0.717, 1.165) is 21.7 Å². The van der Waals surface area contributed by atoms with Crippen LogP contribution in [0.4, 0.5) is 5.69 Å². The number of benzene rings is 3. The lowest BCUT2D eigenvalue weighted by molar-refractivity contribution is -0.147. The van der Waals surface area contributed by atoms with Crippen LogP contribution in [0, 0.1) is 0 Å². The van der Waals surface area contributed by atoms with Crippen molar-refractivity contribution >= 4 is 29.7 Å². The van der Waals surface area contributed by atoms with Crippen LogP contribution in [-0.2, 0) is 16.0 Å². The average Bonchev–Trinajstić information content (AvgIpc) is 3.08. The Balaban J connectivity index is 1.55. The predicted octanol–water partition coefficient (Wildman–Crippen LogP) is 4.21. The molecular formula is C26H22N2O4. The van der Waals surface area contributed by atoms with E-state index in [0.29, 0.717) is 11.1 Å². The quantitative estimate of drug-likeness (QED) is 0.322. The van der Waals surface area contributed by atoms with Gasteiger partial charge in [-0.3, -0.25) is 19.5 Å². The molecule has 160 valence electrons. The van der Waals surface area contributed by atoms with Gasteiger partial charge in [0.1, 0.15) is 6.04 Å². The Morgan fingerprint density at radius 2 is 1.50 bits per heavy atom. The highest BCUT2D eigenvalue weighted by Crippen LogP contribution is 2.27. The monoisotopic (exact) mass is 426 g/mol. The summed E-state index contributed by atoms with van der Waals surface area (Å²) in [7, 11) is 0. The van der Waals surface area contributed by atoms with Crippen molar-refractivity contribution < 1.29 is 19.1 Å². The van der Waals surface area contributed by atoms with E-state index in [-0.39, 0.29) is 13.0 Å². The Bertz CT molecular complexity index is 1130. The number of carbonyl (C=O) groups is 3. The maximum Gasteiger partial charge on any atom is 0.329 e. The molecule has 6 nitrogen and oxygen atoms in total. The molecule has 1 aliphatic rings. The summed E-state index contributed by atoms with van der Waals surface area (Å²) in [5.41, 5.74) is 3.14. The van der Waals surface area contributed by atoms with E-state index < -0.39 is 23.8 Å². The number of carbonyl (C=O) groups excluding carboxylic acids is 3. The normalized spacial score (nSPS) is 14.0. The van der Waals surface area contributed by atoms with Gasteiger partial charge >= 0.3 is 5.97 Å². The van der Waals surface area contributed by atoms with Crippen LogP contribution in [0.2, 0.25) is 0 Å². The highest BCUT2D eigenvalue weighted by molar-refractivity contribution is 6.22. The second kappa shape index (κ2) is 9.39. The van der Waals surface area contributed by atoms with Gasteiger partial charge in [0.25, 0.3) is 11.8 Å². The number of hydrogen-bond donors (Lipinski definition) is 0. The summed E-state index contributed by atoms with van der Waals surface area (Å²) in [4.78, 5) is 44.0. The maximum absolute atomic E-state index is 12.9. The van der Waals surface area contributed by atoms with Crippen LogP contribution < -0.4 is 0 Å². The first kappa shape index (κ1) is 21.2. The highest BCUT2D eigenvalue weighted by atomic mass is 16.5. The van der Waals surface area contributed by atoms with Crippen LogP contribution in [0.1, 0.15) is 38.8 Å². The van der Waals surface area contributed by atoms with Gasteiger partial charge < -0.3 is 4.74 Å². The van der Waals surface area contributed by atoms with Gasteiger partial charge in [0, 0.05) is 12.6 Å². The number of hydrogen-bond acceptors (Lipinski definition) is 5. The molecule has 0 saturated heterocycles. The van der Waals surface area contributed by atoms with Crippen molar-refractivity contribution in [2.75, 3.05) is 6.61 Å². The van der Waals surface area contributed by atoms with Crippen molar-refractivity contribution in [2.24, 2.45) is 4.99 Å². The molecule has 0 fully saturated rings. The molecule has 0 aliphatic carbocycles. The molecule has 0 aromatic heterocycles. The first-order chi connectivity index (χ1) is 15.6. The number of rotatable bonds is 7. The zero-order valence-corrected chi connectivity index (χ0v) is 17.6. The predicted molar refractivity (Wildman–Crippen MR) is 121 cm³/mol. The topological polar surface area (TPSA) is 76.0 Å². The number of ether oxygens (including phenoxy) is 1. The smallest absolute Gasteiger partial charge is 0.329 e. The van der Waals surface area contributed by atoms with Gasteiger partial charge in [0.2, 0.25) is 0 Å². The minimum atomic E-state index is -1.04. The standard InChI is InChI=1S/C26H22N2O4/c1-2-32-26(31)23(28-24(29)21-10-6-7-11-22(21)25(28)30)16-18-12-14-20(15-13-18)27-17-19-8-4-3-5-9-19/h3-15,17,23H,2,16H2,1H3. The van der Waals surface area contributed by atoms with Gasteiger partial charge in [-0.2, -0.15) is 0 Å². The average molecular weight is 426 g/mol. The first-order valence-corrected chi connectivity index (χ1v) is 10.4. The van der Waals surface area contributed by atoms with E-state index in [1.54, 1.807) is 37.4 Å². The third kappa shape index (κ3) is 4.34. The number of fused-ring (bicyclic) bond motifs is 1. The molecule has 0 bridgehead atoms. The Morgan fingerprint density at radius 1 is 0.906 bits per heavy atom. The van der Waals surface area contributed by atoms with Crippen molar-refractivity contribution in [3.8, 4) is 0 Å². The van der Waals surface area contributed by atoms with Gasteiger partial charge in [-0.15, -0.1) is 0 Å². The molecule has 32 heavy (non-hydrogen) atoms. The number of nitrogens with zero attached hydrogens (tertiary/aromatic N) is 2. The van der Waals surface area contributed by atoms with Crippen LogP contribution in [0.5, 0.6) is 0 Å². The minimum absolute atomic E-state index is 0.158. The zero-order valence-electron chi connectivity index (χ0n) is 17.6. The minimum Gasteiger partial charge on any atom is -0.464 e. The third-order valence-electron chi connectivity index (χ3n) is 5.22. The van der Waals surface area contributed by atoms with Crippen molar-refractivity contribution in [1.29, 1.82) is 0 Å². The summed E-state index contributed by atoms with van der Waals surface area (Å²) >= 11 is 0. The van der Waals surface area contributed by atoms with E-state index in [2.05, 4.69) is 4.99 Å². The van der Waals surface area contributed by atoms with Gasteiger partial charge in [-0.1, -0.05) is 54.6 Å². The Hall–Kier alpha value is -4.06. The number of esters is 1. The van der Waals surface area contributed by atoms with Crippen molar-refractivity contribution in [3.05, 3.63) is 101 Å². The maximum atomic E-state index is 12.9. The number of aliphatic imine (C=N–C) groups is 1. The molecular weight excluding hydrogens is 404 g/mol. The molecule has 1 aliphatic heterocycles. The van der Waals surface area contributed by atoms with Crippen molar-refractivity contribution in [3.63, 3.8) is 0 Å². The fourth-order valence-corrected chi connectivity index (χ4v) is 3.64. The van der Waals surface area contributed by atoms with E-state index in [4.69, 9.17) is 4.74 Å².